The molecule has 0 saturated carbocycles. The lowest BCUT2D eigenvalue weighted by atomic mass is 9.84. The Balaban J connectivity index is 1.40. The molecule has 2 fully saturated rings. The van der Waals surface area contributed by atoms with Crippen LogP contribution in [-0.4, -0.2) is 38.5 Å². The number of nitro groups is 1. The molecule has 0 unspecified atom stereocenters. The molecule has 2 saturated heterocycles. The number of carbonyl (C=O) groups excluding carboxylic acids is 3. The number of benzene rings is 3. The number of hydrogen-bond donors (Lipinski definition) is 1. The highest BCUT2D eigenvalue weighted by Crippen LogP contribution is 2.53. The Labute approximate surface area is 222 Å². The van der Waals surface area contributed by atoms with Crippen molar-refractivity contribution in [3.05, 3.63) is 111 Å². The largest absolute Gasteiger partial charge is 0.357 e. The van der Waals surface area contributed by atoms with Gasteiger partial charge in [-0.25, -0.2) is 0 Å². The van der Waals surface area contributed by atoms with Crippen molar-refractivity contribution < 1.29 is 19.3 Å². The van der Waals surface area contributed by atoms with Crippen LogP contribution < -0.4 is 5.32 Å². The average Bonchev–Trinajstić information content (AvgIpc) is 3.39. The van der Waals surface area contributed by atoms with Gasteiger partial charge in [-0.3, -0.25) is 29.4 Å². The SMILES string of the molecule is O=C(Nc1cc([N+](=O)[O-])ccc1Cl)[C@@H]1[C@@H]2C(=O)N(Cc3ccccc3)C(=O)[C@@H]2[C@H]2c3ccccc3C=CN12. The van der Waals surface area contributed by atoms with Crippen LogP contribution in [0.4, 0.5) is 11.4 Å². The molecule has 0 aromatic heterocycles. The zero-order chi connectivity index (χ0) is 26.6. The molecule has 0 bridgehead atoms. The molecule has 3 aliphatic rings. The van der Waals surface area contributed by atoms with Gasteiger partial charge in [-0.15, -0.1) is 0 Å². The Bertz CT molecular complexity index is 1520. The predicted molar refractivity (Wildman–Crippen MR) is 140 cm³/mol. The van der Waals surface area contributed by atoms with E-state index in [9.17, 15) is 24.5 Å². The van der Waals surface area contributed by atoms with Gasteiger partial charge in [0.2, 0.25) is 17.7 Å². The van der Waals surface area contributed by atoms with Crippen LogP contribution in [0.5, 0.6) is 0 Å². The summed E-state index contributed by atoms with van der Waals surface area (Å²) in [4.78, 5) is 55.0. The number of nitro benzene ring substituents is 1. The first-order valence-corrected chi connectivity index (χ1v) is 12.4. The molecule has 6 rings (SSSR count). The molecule has 9 nitrogen and oxygen atoms in total. The van der Waals surface area contributed by atoms with Gasteiger partial charge in [-0.2, -0.15) is 0 Å². The average molecular weight is 529 g/mol. The molecule has 3 aliphatic heterocycles. The summed E-state index contributed by atoms with van der Waals surface area (Å²) in [5.41, 5.74) is 2.40. The summed E-state index contributed by atoms with van der Waals surface area (Å²) >= 11 is 6.24. The number of imide groups is 1. The summed E-state index contributed by atoms with van der Waals surface area (Å²) in [5, 5.41) is 14.1. The van der Waals surface area contributed by atoms with Crippen LogP contribution in [0.15, 0.2) is 79.0 Å². The van der Waals surface area contributed by atoms with Gasteiger partial charge in [0.1, 0.15) is 6.04 Å². The topological polar surface area (TPSA) is 113 Å². The van der Waals surface area contributed by atoms with Gasteiger partial charge in [-0.1, -0.05) is 66.2 Å². The summed E-state index contributed by atoms with van der Waals surface area (Å²) in [5.74, 6) is -3.03. The molecule has 0 spiro atoms. The van der Waals surface area contributed by atoms with Crippen LogP contribution in [0.2, 0.25) is 5.02 Å². The zero-order valence-corrected chi connectivity index (χ0v) is 20.6. The van der Waals surface area contributed by atoms with E-state index in [4.69, 9.17) is 11.6 Å². The third kappa shape index (κ3) is 3.74. The number of non-ortho nitro benzene ring substituents is 1. The van der Waals surface area contributed by atoms with E-state index in [1.807, 2.05) is 60.7 Å². The molecule has 10 heteroatoms. The van der Waals surface area contributed by atoms with Crippen molar-refractivity contribution in [1.29, 1.82) is 0 Å². The molecule has 3 amide bonds. The summed E-state index contributed by atoms with van der Waals surface area (Å²) in [6.45, 7) is 0.112. The number of halogens is 1. The number of hydrogen-bond acceptors (Lipinski definition) is 6. The van der Waals surface area contributed by atoms with E-state index in [2.05, 4.69) is 5.32 Å². The predicted octanol–water partition coefficient (Wildman–Crippen LogP) is 4.40. The number of nitrogens with zero attached hydrogens (tertiary/aromatic N) is 3. The monoisotopic (exact) mass is 528 g/mol. The molecule has 0 radical (unpaired) electrons. The summed E-state index contributed by atoms with van der Waals surface area (Å²) in [7, 11) is 0. The lowest BCUT2D eigenvalue weighted by molar-refractivity contribution is -0.384. The van der Waals surface area contributed by atoms with Gasteiger partial charge in [-0.05, 0) is 28.8 Å². The molecular weight excluding hydrogens is 508 g/mol. The van der Waals surface area contributed by atoms with Crippen molar-refractivity contribution in [3.8, 4) is 0 Å². The van der Waals surface area contributed by atoms with E-state index in [0.29, 0.717) is 0 Å². The van der Waals surface area contributed by atoms with Crippen LogP contribution in [0.3, 0.4) is 0 Å². The molecule has 0 aliphatic carbocycles. The fourth-order valence-electron chi connectivity index (χ4n) is 5.77. The van der Waals surface area contributed by atoms with Crippen molar-refractivity contribution in [1.82, 2.24) is 9.80 Å². The molecule has 3 aromatic carbocycles. The highest BCUT2D eigenvalue weighted by atomic mass is 35.5. The maximum Gasteiger partial charge on any atom is 0.271 e. The lowest BCUT2D eigenvalue weighted by Gasteiger charge is -2.35. The second-order valence-corrected chi connectivity index (χ2v) is 9.90. The highest BCUT2D eigenvalue weighted by molar-refractivity contribution is 6.34. The van der Waals surface area contributed by atoms with Gasteiger partial charge >= 0.3 is 0 Å². The first-order chi connectivity index (χ1) is 18.3. The molecule has 3 heterocycles. The Kier molecular flexibility index (Phi) is 5.72. The molecule has 38 heavy (non-hydrogen) atoms. The van der Waals surface area contributed by atoms with E-state index in [-0.39, 0.29) is 28.8 Å². The second-order valence-electron chi connectivity index (χ2n) is 9.49. The van der Waals surface area contributed by atoms with E-state index < -0.39 is 40.7 Å². The van der Waals surface area contributed by atoms with Crippen LogP contribution in [-0.2, 0) is 20.9 Å². The molecule has 4 atom stereocenters. The number of likely N-dealkylation sites (tertiary alicyclic amines) is 1. The number of anilines is 1. The lowest BCUT2D eigenvalue weighted by Crippen LogP contribution is -2.46. The van der Waals surface area contributed by atoms with E-state index in [1.54, 1.807) is 11.1 Å². The van der Waals surface area contributed by atoms with Gasteiger partial charge < -0.3 is 10.2 Å². The van der Waals surface area contributed by atoms with Gasteiger partial charge in [0.25, 0.3) is 5.69 Å². The van der Waals surface area contributed by atoms with Crippen molar-refractivity contribution in [2.45, 2.75) is 18.6 Å². The van der Waals surface area contributed by atoms with Crippen molar-refractivity contribution in [2.75, 3.05) is 5.32 Å². The summed E-state index contributed by atoms with van der Waals surface area (Å²) in [6.07, 6.45) is 3.59. The fraction of sp³-hybridized carbons (Fsp3) is 0.179. The van der Waals surface area contributed by atoms with Crippen molar-refractivity contribution in [3.63, 3.8) is 0 Å². The quantitative estimate of drug-likeness (QED) is 0.298. The summed E-state index contributed by atoms with van der Waals surface area (Å²) < 4.78 is 0. The Morgan fingerprint density at radius 3 is 2.45 bits per heavy atom. The Hall–Kier alpha value is -4.50. The standard InChI is InChI=1S/C28H21ClN4O5/c29-20-11-10-18(33(37)38)14-21(20)30-26(34)25-23-22(24-19-9-5-4-8-17(19)12-13-31(24)25)27(35)32(28(23)36)15-16-6-2-1-3-7-16/h1-14,22-25H,15H2,(H,30,34)/t22-,23+,24+,25-/m0/s1. The van der Waals surface area contributed by atoms with Gasteiger partial charge in [0.15, 0.2) is 0 Å². The minimum atomic E-state index is -1.03. The third-order valence-corrected chi connectivity index (χ3v) is 7.75. The van der Waals surface area contributed by atoms with E-state index in [1.165, 1.54) is 23.1 Å². The maximum absolute atomic E-state index is 13.8. The van der Waals surface area contributed by atoms with Crippen LogP contribution in [0.1, 0.15) is 22.7 Å². The first kappa shape index (κ1) is 23.9. The number of nitrogens with one attached hydrogen (secondary N) is 1. The third-order valence-electron chi connectivity index (χ3n) is 7.42. The smallest absolute Gasteiger partial charge is 0.271 e. The number of carbonyl (C=O) groups is 3. The van der Waals surface area contributed by atoms with Crippen molar-refractivity contribution >= 4 is 46.8 Å². The van der Waals surface area contributed by atoms with Gasteiger partial charge in [0, 0.05) is 18.3 Å². The summed E-state index contributed by atoms with van der Waals surface area (Å²) in [6, 6.07) is 19.0. The first-order valence-electron chi connectivity index (χ1n) is 12.0. The number of fused-ring (bicyclic) bond motifs is 5. The second kappa shape index (κ2) is 9.11. The Morgan fingerprint density at radius 1 is 0.974 bits per heavy atom. The molecule has 190 valence electrons. The van der Waals surface area contributed by atoms with Crippen molar-refractivity contribution in [2.24, 2.45) is 11.8 Å². The van der Waals surface area contributed by atoms with Gasteiger partial charge in [0.05, 0.1) is 40.1 Å². The van der Waals surface area contributed by atoms with Crippen LogP contribution in [0, 0.1) is 22.0 Å². The minimum absolute atomic E-state index is 0.0603. The molecular formula is C28H21ClN4O5. The Morgan fingerprint density at radius 2 is 1.68 bits per heavy atom. The highest BCUT2D eigenvalue weighted by Gasteiger charge is 2.64. The molecule has 3 aromatic rings. The van der Waals surface area contributed by atoms with E-state index in [0.717, 1.165) is 16.7 Å². The van der Waals surface area contributed by atoms with E-state index >= 15 is 0 Å². The molecule has 1 N–H and O–H groups in total. The fourth-order valence-corrected chi connectivity index (χ4v) is 5.93. The number of amides is 3. The van der Waals surface area contributed by atoms with Crippen LogP contribution in [0.25, 0.3) is 6.08 Å². The van der Waals surface area contributed by atoms with Crippen LogP contribution >= 0.6 is 11.6 Å². The number of rotatable bonds is 5. The normalized spacial score (nSPS) is 23.2. The maximum atomic E-state index is 13.8. The zero-order valence-electron chi connectivity index (χ0n) is 19.9. The minimum Gasteiger partial charge on any atom is -0.357 e.